The van der Waals surface area contributed by atoms with E-state index >= 15 is 0 Å². The Hall–Kier alpha value is -1.41. The van der Waals surface area contributed by atoms with E-state index in [1.165, 1.54) is 15.2 Å². The molecule has 0 spiro atoms. The van der Waals surface area contributed by atoms with Gasteiger partial charge in [-0.3, -0.25) is 4.68 Å². The van der Waals surface area contributed by atoms with Crippen molar-refractivity contribution >= 4 is 16.0 Å². The minimum atomic E-state index is -3.85. The molecule has 0 unspecified atom stereocenters. The van der Waals surface area contributed by atoms with Gasteiger partial charge in [-0.05, 0) is 6.92 Å². The molecule has 18 heavy (non-hydrogen) atoms. The fraction of sp³-hybridized carbons (Fsp3) is 0.600. The van der Waals surface area contributed by atoms with E-state index < -0.39 is 16.0 Å². The van der Waals surface area contributed by atoms with Crippen LogP contribution in [0.15, 0.2) is 11.2 Å². The van der Waals surface area contributed by atoms with Crippen LogP contribution >= 0.6 is 0 Å². The predicted molar refractivity (Wildman–Crippen MR) is 65.0 cm³/mol. The predicted octanol–water partition coefficient (Wildman–Crippen LogP) is 0.632. The van der Waals surface area contributed by atoms with Crippen LogP contribution in [0.5, 0.6) is 0 Å². The maximum Gasteiger partial charge on any atom is 0.340 e. The van der Waals surface area contributed by atoms with Gasteiger partial charge in [-0.25, -0.2) is 13.2 Å². The standard InChI is InChI=1S/C10H17N3O4S/c1-4-12-7-8(10(14)15)9(11-12)18(16,17)13(5-2)6-3/h7H,4-6H2,1-3H3,(H,14,15). The first-order valence-electron chi connectivity index (χ1n) is 5.69. The average Bonchev–Trinajstić information content (AvgIpc) is 2.75. The molecule has 0 atom stereocenters. The summed E-state index contributed by atoms with van der Waals surface area (Å²) in [5.74, 6) is -1.29. The lowest BCUT2D eigenvalue weighted by molar-refractivity contribution is 0.0692. The Balaban J connectivity index is 3.39. The van der Waals surface area contributed by atoms with Gasteiger partial charge in [0.05, 0.1) is 0 Å². The highest BCUT2D eigenvalue weighted by Gasteiger charge is 2.30. The Kier molecular flexibility index (Phi) is 4.47. The quantitative estimate of drug-likeness (QED) is 0.822. The molecule has 0 radical (unpaired) electrons. The van der Waals surface area contributed by atoms with Gasteiger partial charge in [0.2, 0.25) is 5.03 Å². The second-order valence-corrected chi connectivity index (χ2v) is 5.45. The van der Waals surface area contributed by atoms with E-state index in [1.807, 2.05) is 0 Å². The Morgan fingerprint density at radius 1 is 1.39 bits per heavy atom. The summed E-state index contributed by atoms with van der Waals surface area (Å²) in [6, 6.07) is 0. The molecule has 0 aromatic carbocycles. The smallest absolute Gasteiger partial charge is 0.340 e. The van der Waals surface area contributed by atoms with E-state index in [2.05, 4.69) is 5.10 Å². The van der Waals surface area contributed by atoms with Crippen molar-refractivity contribution in [3.8, 4) is 0 Å². The summed E-state index contributed by atoms with van der Waals surface area (Å²) in [5, 5.41) is 12.5. The molecule has 0 fully saturated rings. The van der Waals surface area contributed by atoms with Crippen LogP contribution in [0, 0.1) is 0 Å². The van der Waals surface area contributed by atoms with Crippen molar-refractivity contribution in [1.29, 1.82) is 0 Å². The van der Waals surface area contributed by atoms with Gasteiger partial charge in [0.1, 0.15) is 5.56 Å². The minimum absolute atomic E-state index is 0.275. The number of aryl methyl sites for hydroxylation is 1. The van der Waals surface area contributed by atoms with Crippen LogP contribution in [0.1, 0.15) is 31.1 Å². The first-order chi connectivity index (χ1) is 8.38. The molecule has 0 saturated carbocycles. The molecule has 0 aliphatic heterocycles. The van der Waals surface area contributed by atoms with Crippen molar-refractivity contribution < 1.29 is 18.3 Å². The summed E-state index contributed by atoms with van der Waals surface area (Å²) in [6.07, 6.45) is 1.23. The number of carboxylic acids is 1. The number of rotatable bonds is 6. The molecule has 0 saturated heterocycles. The second kappa shape index (κ2) is 5.49. The molecule has 8 heteroatoms. The first kappa shape index (κ1) is 14.7. The summed E-state index contributed by atoms with van der Waals surface area (Å²) in [5.41, 5.74) is -0.288. The zero-order valence-electron chi connectivity index (χ0n) is 10.6. The molecule has 0 aliphatic carbocycles. The zero-order valence-corrected chi connectivity index (χ0v) is 11.4. The number of hydrogen-bond donors (Lipinski definition) is 1. The van der Waals surface area contributed by atoms with E-state index in [0.717, 1.165) is 0 Å². The summed E-state index contributed by atoms with van der Waals surface area (Å²) >= 11 is 0. The van der Waals surface area contributed by atoms with Crippen molar-refractivity contribution in [2.24, 2.45) is 0 Å². The number of aromatic carboxylic acids is 1. The topological polar surface area (TPSA) is 92.5 Å². The number of carboxylic acid groups (broad SMARTS) is 1. The molecule has 102 valence electrons. The molecule has 1 rings (SSSR count). The Labute approximate surface area is 106 Å². The van der Waals surface area contributed by atoms with Gasteiger partial charge < -0.3 is 5.11 Å². The highest BCUT2D eigenvalue weighted by Crippen LogP contribution is 2.18. The van der Waals surface area contributed by atoms with E-state index in [9.17, 15) is 13.2 Å². The molecule has 1 N–H and O–H groups in total. The van der Waals surface area contributed by atoms with Gasteiger partial charge in [-0.2, -0.15) is 9.40 Å². The SMILES string of the molecule is CCN(CC)S(=O)(=O)c1nn(CC)cc1C(=O)O. The van der Waals surface area contributed by atoms with Gasteiger partial charge >= 0.3 is 5.97 Å². The summed E-state index contributed by atoms with van der Waals surface area (Å²) in [7, 11) is -3.85. The fourth-order valence-corrected chi connectivity index (χ4v) is 3.14. The lowest BCUT2D eigenvalue weighted by Crippen LogP contribution is -2.32. The maximum absolute atomic E-state index is 12.2. The Morgan fingerprint density at radius 2 is 1.94 bits per heavy atom. The van der Waals surface area contributed by atoms with Gasteiger partial charge in [0, 0.05) is 25.8 Å². The van der Waals surface area contributed by atoms with Crippen molar-refractivity contribution in [2.45, 2.75) is 32.3 Å². The third kappa shape index (κ3) is 2.54. The molecule has 0 aliphatic rings. The normalized spacial score (nSPS) is 12.0. The monoisotopic (exact) mass is 275 g/mol. The lowest BCUT2D eigenvalue weighted by Gasteiger charge is -2.16. The van der Waals surface area contributed by atoms with Crippen molar-refractivity contribution in [2.75, 3.05) is 13.1 Å². The van der Waals surface area contributed by atoms with Crippen LogP contribution in [0.25, 0.3) is 0 Å². The number of nitrogens with zero attached hydrogens (tertiary/aromatic N) is 3. The average molecular weight is 275 g/mol. The third-order valence-corrected chi connectivity index (χ3v) is 4.56. The van der Waals surface area contributed by atoms with E-state index in [-0.39, 0.29) is 23.7 Å². The van der Waals surface area contributed by atoms with Crippen molar-refractivity contribution in [3.05, 3.63) is 11.8 Å². The zero-order chi connectivity index (χ0) is 13.9. The van der Waals surface area contributed by atoms with Gasteiger partial charge in [-0.15, -0.1) is 0 Å². The molecular formula is C10H17N3O4S. The van der Waals surface area contributed by atoms with Crippen LogP contribution in [-0.4, -0.2) is 46.7 Å². The van der Waals surface area contributed by atoms with Crippen LogP contribution in [0.3, 0.4) is 0 Å². The molecular weight excluding hydrogens is 258 g/mol. The highest BCUT2D eigenvalue weighted by atomic mass is 32.2. The lowest BCUT2D eigenvalue weighted by atomic mass is 10.4. The van der Waals surface area contributed by atoms with Gasteiger partial charge in [0.25, 0.3) is 10.0 Å². The van der Waals surface area contributed by atoms with Gasteiger partial charge in [0.15, 0.2) is 0 Å². The maximum atomic E-state index is 12.2. The third-order valence-electron chi connectivity index (χ3n) is 2.57. The van der Waals surface area contributed by atoms with Crippen LogP contribution in [0.4, 0.5) is 0 Å². The van der Waals surface area contributed by atoms with Gasteiger partial charge in [-0.1, -0.05) is 13.8 Å². The number of carbonyl (C=O) groups is 1. The Bertz CT molecular complexity index is 531. The molecule has 0 bridgehead atoms. The van der Waals surface area contributed by atoms with Crippen molar-refractivity contribution in [1.82, 2.24) is 14.1 Å². The minimum Gasteiger partial charge on any atom is -0.478 e. The van der Waals surface area contributed by atoms with Crippen LogP contribution in [0.2, 0.25) is 0 Å². The van der Waals surface area contributed by atoms with Crippen molar-refractivity contribution in [3.63, 3.8) is 0 Å². The fourth-order valence-electron chi connectivity index (χ4n) is 1.59. The summed E-state index contributed by atoms with van der Waals surface area (Å²) < 4.78 is 27.0. The summed E-state index contributed by atoms with van der Waals surface area (Å²) in [6.45, 7) is 6.10. The second-order valence-electron chi connectivity index (χ2n) is 3.60. The largest absolute Gasteiger partial charge is 0.478 e. The molecule has 1 aromatic heterocycles. The van der Waals surface area contributed by atoms with Crippen LogP contribution < -0.4 is 0 Å². The highest BCUT2D eigenvalue weighted by molar-refractivity contribution is 7.89. The molecule has 0 amide bonds. The molecule has 7 nitrogen and oxygen atoms in total. The number of sulfonamides is 1. The van der Waals surface area contributed by atoms with E-state index in [0.29, 0.717) is 6.54 Å². The van der Waals surface area contributed by atoms with E-state index in [1.54, 1.807) is 20.8 Å². The molecule has 1 aromatic rings. The first-order valence-corrected chi connectivity index (χ1v) is 7.13. The van der Waals surface area contributed by atoms with E-state index in [4.69, 9.17) is 5.11 Å². The Morgan fingerprint density at radius 3 is 2.33 bits per heavy atom. The summed E-state index contributed by atoms with van der Waals surface area (Å²) in [4.78, 5) is 11.1. The number of hydrogen-bond acceptors (Lipinski definition) is 4. The molecule has 1 heterocycles. The van der Waals surface area contributed by atoms with Crippen LogP contribution in [-0.2, 0) is 16.6 Å². The number of aromatic nitrogens is 2.